The Morgan fingerprint density at radius 1 is 1.33 bits per heavy atom. The Morgan fingerprint density at radius 3 is 2.92 bits per heavy atom. The van der Waals surface area contributed by atoms with E-state index in [0.29, 0.717) is 30.8 Å². The predicted octanol–water partition coefficient (Wildman–Crippen LogP) is 2.53. The van der Waals surface area contributed by atoms with Crippen molar-refractivity contribution < 1.29 is 9.52 Å². The van der Waals surface area contributed by atoms with Gasteiger partial charge in [-0.2, -0.15) is 0 Å². The Morgan fingerprint density at radius 2 is 2.17 bits per heavy atom. The second-order valence-corrected chi connectivity index (χ2v) is 6.40. The van der Waals surface area contributed by atoms with E-state index in [1.807, 2.05) is 28.8 Å². The van der Waals surface area contributed by atoms with Crippen molar-refractivity contribution >= 4 is 17.0 Å². The molecule has 1 aromatic carbocycles. The summed E-state index contributed by atoms with van der Waals surface area (Å²) >= 11 is 0. The van der Waals surface area contributed by atoms with Crippen LogP contribution in [0.5, 0.6) is 0 Å². The lowest BCUT2D eigenvalue weighted by atomic mass is 9.85. The van der Waals surface area contributed by atoms with E-state index in [4.69, 9.17) is 4.42 Å². The fraction of sp³-hybridized carbons (Fsp3) is 0.471. The smallest absolute Gasteiger partial charge is 0.236 e. The summed E-state index contributed by atoms with van der Waals surface area (Å²) in [5, 5.41) is 21.1. The number of anilines is 1. The molecule has 1 unspecified atom stereocenters. The summed E-state index contributed by atoms with van der Waals surface area (Å²) in [7, 11) is 0. The molecule has 0 bridgehead atoms. The number of aromatic nitrogens is 4. The van der Waals surface area contributed by atoms with E-state index in [1.165, 1.54) is 6.42 Å². The molecular formula is C17H21N5O2. The van der Waals surface area contributed by atoms with Crippen LogP contribution in [0.15, 0.2) is 28.7 Å². The van der Waals surface area contributed by atoms with Crippen LogP contribution in [0.3, 0.4) is 0 Å². The van der Waals surface area contributed by atoms with Crippen LogP contribution in [0.25, 0.3) is 11.0 Å². The highest BCUT2D eigenvalue weighted by Gasteiger charge is 2.25. The number of rotatable bonds is 6. The molecule has 4 rings (SSSR count). The van der Waals surface area contributed by atoms with Crippen molar-refractivity contribution in [3.8, 4) is 0 Å². The molecule has 2 aromatic heterocycles. The maximum Gasteiger partial charge on any atom is 0.236 e. The molecule has 2 heterocycles. The van der Waals surface area contributed by atoms with E-state index < -0.39 is 6.10 Å². The van der Waals surface area contributed by atoms with Crippen LogP contribution < -0.4 is 5.32 Å². The molecule has 0 radical (unpaired) electrons. The third-order valence-corrected chi connectivity index (χ3v) is 4.44. The molecule has 3 aromatic rings. The molecule has 1 saturated carbocycles. The maximum absolute atomic E-state index is 9.53. The first-order valence-corrected chi connectivity index (χ1v) is 8.40. The lowest BCUT2D eigenvalue weighted by molar-refractivity contribution is 0.208. The standard InChI is InChI=1S/C17H21N5O2/c1-11(23)9-18-17-19-13-7-2-3-8-14(13)22(17)10-15-20-21-16(24-15)12-5-4-6-12/h2-3,7-8,11-12,23H,4-6,9-10H2,1H3,(H,18,19). The number of benzene rings is 1. The first kappa shape index (κ1) is 15.1. The largest absolute Gasteiger partial charge is 0.423 e. The van der Waals surface area contributed by atoms with E-state index in [9.17, 15) is 5.11 Å². The summed E-state index contributed by atoms with van der Waals surface area (Å²) in [6, 6.07) is 7.91. The van der Waals surface area contributed by atoms with Gasteiger partial charge < -0.3 is 19.4 Å². The first-order chi connectivity index (χ1) is 11.7. The molecule has 0 aliphatic heterocycles. The Labute approximate surface area is 139 Å². The summed E-state index contributed by atoms with van der Waals surface area (Å²) in [4.78, 5) is 4.60. The molecule has 1 fully saturated rings. The Bertz CT molecular complexity index is 834. The van der Waals surface area contributed by atoms with Crippen molar-refractivity contribution in [3.05, 3.63) is 36.0 Å². The number of nitrogens with zero attached hydrogens (tertiary/aromatic N) is 4. The summed E-state index contributed by atoms with van der Waals surface area (Å²) in [6.45, 7) is 2.63. The van der Waals surface area contributed by atoms with Crippen molar-refractivity contribution in [2.75, 3.05) is 11.9 Å². The molecule has 1 atom stereocenters. The van der Waals surface area contributed by atoms with Crippen LogP contribution in [-0.2, 0) is 6.54 Å². The summed E-state index contributed by atoms with van der Waals surface area (Å²) in [5.41, 5.74) is 1.89. The lowest BCUT2D eigenvalue weighted by Gasteiger charge is -2.20. The van der Waals surface area contributed by atoms with Gasteiger partial charge in [0, 0.05) is 12.5 Å². The summed E-state index contributed by atoms with van der Waals surface area (Å²) in [6.07, 6.45) is 3.06. The second kappa shape index (κ2) is 6.24. The van der Waals surface area contributed by atoms with Crippen molar-refractivity contribution in [3.63, 3.8) is 0 Å². The third kappa shape index (κ3) is 2.87. The molecule has 1 aliphatic rings. The molecule has 7 nitrogen and oxygen atoms in total. The predicted molar refractivity (Wildman–Crippen MR) is 89.9 cm³/mol. The molecule has 2 N–H and O–H groups in total. The van der Waals surface area contributed by atoms with E-state index in [0.717, 1.165) is 29.8 Å². The SMILES string of the molecule is CC(O)CNc1nc2ccccc2n1Cc1nnc(C2CCC2)o1. The Hall–Kier alpha value is -2.41. The minimum Gasteiger partial charge on any atom is -0.423 e. The normalized spacial score (nSPS) is 16.2. The molecule has 7 heteroatoms. The zero-order valence-corrected chi connectivity index (χ0v) is 13.6. The number of para-hydroxylation sites is 2. The third-order valence-electron chi connectivity index (χ3n) is 4.44. The Balaban J connectivity index is 1.63. The fourth-order valence-corrected chi connectivity index (χ4v) is 2.90. The van der Waals surface area contributed by atoms with Gasteiger partial charge in [-0.05, 0) is 31.9 Å². The van der Waals surface area contributed by atoms with Gasteiger partial charge in [0.25, 0.3) is 0 Å². The van der Waals surface area contributed by atoms with Crippen LogP contribution in [0, 0.1) is 0 Å². The number of fused-ring (bicyclic) bond motifs is 1. The molecular weight excluding hydrogens is 306 g/mol. The molecule has 24 heavy (non-hydrogen) atoms. The first-order valence-electron chi connectivity index (χ1n) is 8.40. The zero-order valence-electron chi connectivity index (χ0n) is 13.6. The maximum atomic E-state index is 9.53. The number of imidazole rings is 1. The molecule has 0 amide bonds. The van der Waals surface area contributed by atoms with Crippen molar-refractivity contribution in [1.29, 1.82) is 0 Å². The Kier molecular flexibility index (Phi) is 3.93. The molecule has 126 valence electrons. The molecule has 1 aliphatic carbocycles. The van der Waals surface area contributed by atoms with Gasteiger partial charge >= 0.3 is 0 Å². The number of nitrogens with one attached hydrogen (secondary N) is 1. The van der Waals surface area contributed by atoms with Crippen LogP contribution in [0.1, 0.15) is 43.9 Å². The van der Waals surface area contributed by atoms with E-state index >= 15 is 0 Å². The van der Waals surface area contributed by atoms with Gasteiger partial charge in [-0.15, -0.1) is 10.2 Å². The average Bonchev–Trinajstić information content (AvgIpc) is 3.09. The van der Waals surface area contributed by atoms with Crippen LogP contribution in [0.4, 0.5) is 5.95 Å². The number of aliphatic hydroxyl groups excluding tert-OH is 1. The van der Waals surface area contributed by atoms with Gasteiger partial charge in [-0.1, -0.05) is 18.6 Å². The second-order valence-electron chi connectivity index (χ2n) is 6.40. The molecule has 0 saturated heterocycles. The van der Waals surface area contributed by atoms with Gasteiger partial charge in [0.05, 0.1) is 17.1 Å². The fourth-order valence-electron chi connectivity index (χ4n) is 2.90. The topological polar surface area (TPSA) is 89.0 Å². The van der Waals surface area contributed by atoms with Gasteiger partial charge in [0.2, 0.25) is 17.7 Å². The average molecular weight is 327 g/mol. The van der Waals surface area contributed by atoms with Gasteiger partial charge in [0.15, 0.2) is 0 Å². The van der Waals surface area contributed by atoms with E-state index in [2.05, 4.69) is 20.5 Å². The van der Waals surface area contributed by atoms with Crippen LogP contribution in [0.2, 0.25) is 0 Å². The summed E-state index contributed by atoms with van der Waals surface area (Å²) < 4.78 is 7.85. The number of hydrogen-bond donors (Lipinski definition) is 2. The minimum absolute atomic E-state index is 0.429. The highest BCUT2D eigenvalue weighted by atomic mass is 16.4. The van der Waals surface area contributed by atoms with Crippen LogP contribution in [-0.4, -0.2) is 37.5 Å². The minimum atomic E-state index is -0.452. The van der Waals surface area contributed by atoms with Gasteiger partial charge in [-0.25, -0.2) is 4.98 Å². The highest BCUT2D eigenvalue weighted by molar-refractivity contribution is 5.78. The van der Waals surface area contributed by atoms with Crippen molar-refractivity contribution in [1.82, 2.24) is 19.7 Å². The zero-order chi connectivity index (χ0) is 16.5. The van der Waals surface area contributed by atoms with Crippen molar-refractivity contribution in [2.24, 2.45) is 0 Å². The lowest BCUT2D eigenvalue weighted by Crippen LogP contribution is -2.18. The monoisotopic (exact) mass is 327 g/mol. The summed E-state index contributed by atoms with van der Waals surface area (Å²) in [5.74, 6) is 2.46. The van der Waals surface area contributed by atoms with Gasteiger partial charge in [-0.3, -0.25) is 0 Å². The van der Waals surface area contributed by atoms with E-state index in [-0.39, 0.29) is 0 Å². The van der Waals surface area contributed by atoms with Crippen LogP contribution >= 0.6 is 0 Å². The van der Waals surface area contributed by atoms with Gasteiger partial charge in [0.1, 0.15) is 6.54 Å². The highest BCUT2D eigenvalue weighted by Crippen LogP contribution is 2.35. The number of aliphatic hydroxyl groups is 1. The quantitative estimate of drug-likeness (QED) is 0.723. The number of hydrogen-bond acceptors (Lipinski definition) is 6. The molecule has 0 spiro atoms. The van der Waals surface area contributed by atoms with E-state index in [1.54, 1.807) is 6.92 Å². The van der Waals surface area contributed by atoms with Crippen molar-refractivity contribution in [2.45, 2.75) is 44.8 Å².